The molecule has 0 saturated carbocycles. The van der Waals surface area contributed by atoms with E-state index >= 15 is 0 Å². The molecule has 0 aromatic carbocycles. The molecule has 0 unspecified atom stereocenters. The van der Waals surface area contributed by atoms with Gasteiger partial charge in [-0.3, -0.25) is 4.79 Å². The van der Waals surface area contributed by atoms with Crippen LogP contribution in [0.4, 0.5) is 4.79 Å². The fourth-order valence-corrected chi connectivity index (χ4v) is 1.34. The molecule has 86 valence electrons. The van der Waals surface area contributed by atoms with Gasteiger partial charge in [0.1, 0.15) is 5.60 Å². The molecule has 5 nitrogen and oxygen atoms in total. The van der Waals surface area contributed by atoms with Gasteiger partial charge in [0, 0.05) is 0 Å². The normalized spacial score (nSPS) is 22.3. The zero-order valence-electron chi connectivity index (χ0n) is 9.42. The highest BCUT2D eigenvalue weighted by Crippen LogP contribution is 2.07. The zero-order valence-corrected chi connectivity index (χ0v) is 9.42. The van der Waals surface area contributed by atoms with E-state index in [9.17, 15) is 9.59 Å². The number of Topliss-reactive ketones (excluding diaryl/α,β-unsaturated/α-hetero) is 1. The molecule has 0 aliphatic carbocycles. The van der Waals surface area contributed by atoms with Crippen LogP contribution in [0.5, 0.6) is 0 Å². The van der Waals surface area contributed by atoms with Crippen LogP contribution >= 0.6 is 0 Å². The topological polar surface area (TPSA) is 67.4 Å². The van der Waals surface area contributed by atoms with Crippen molar-refractivity contribution in [1.82, 2.24) is 10.6 Å². The first-order valence-corrected chi connectivity index (χ1v) is 5.11. The van der Waals surface area contributed by atoms with Crippen molar-refractivity contribution < 1.29 is 14.3 Å². The molecule has 1 rings (SSSR count). The van der Waals surface area contributed by atoms with Crippen LogP contribution in [-0.2, 0) is 9.53 Å². The standard InChI is InChI=1S/C10H18N2O3/c1-10(2,3)15-9(14)12-7-4-5-11-6-8(7)13/h7,11H,4-6H2,1-3H3,(H,12,14)/t7-/m0/s1. The molecule has 0 aromatic rings. The lowest BCUT2D eigenvalue weighted by atomic mass is 10.1. The van der Waals surface area contributed by atoms with Crippen molar-refractivity contribution in [3.63, 3.8) is 0 Å². The van der Waals surface area contributed by atoms with Gasteiger partial charge in [-0.1, -0.05) is 0 Å². The van der Waals surface area contributed by atoms with Crippen LogP contribution in [0.15, 0.2) is 0 Å². The van der Waals surface area contributed by atoms with Crippen molar-refractivity contribution in [2.24, 2.45) is 0 Å². The Balaban J connectivity index is 2.40. The molecule has 1 aliphatic heterocycles. The average molecular weight is 214 g/mol. The molecule has 5 heteroatoms. The van der Waals surface area contributed by atoms with Crippen molar-refractivity contribution in [1.29, 1.82) is 0 Å². The maximum absolute atomic E-state index is 11.4. The first kappa shape index (κ1) is 12.0. The SMILES string of the molecule is CC(C)(C)OC(=O)N[C@H]1CCNCC1=O. The molecule has 1 fully saturated rings. The van der Waals surface area contributed by atoms with Crippen LogP contribution in [0.3, 0.4) is 0 Å². The van der Waals surface area contributed by atoms with E-state index in [2.05, 4.69) is 10.6 Å². The quantitative estimate of drug-likeness (QED) is 0.664. The summed E-state index contributed by atoms with van der Waals surface area (Å²) in [5, 5.41) is 5.52. The molecule has 15 heavy (non-hydrogen) atoms. The number of carbonyl (C=O) groups is 2. The minimum absolute atomic E-state index is 0.00658. The van der Waals surface area contributed by atoms with E-state index in [0.29, 0.717) is 13.0 Å². The Bertz CT molecular complexity index is 258. The molecule has 0 radical (unpaired) electrons. The summed E-state index contributed by atoms with van der Waals surface area (Å²) in [6, 6.07) is -0.402. The van der Waals surface area contributed by atoms with Gasteiger partial charge in [-0.2, -0.15) is 0 Å². The average Bonchev–Trinajstić information content (AvgIpc) is 2.05. The van der Waals surface area contributed by atoms with Crippen LogP contribution in [0, 0.1) is 0 Å². The minimum Gasteiger partial charge on any atom is -0.444 e. The number of ether oxygens (including phenoxy) is 1. The van der Waals surface area contributed by atoms with Gasteiger partial charge in [0.15, 0.2) is 5.78 Å². The maximum Gasteiger partial charge on any atom is 0.408 e. The number of hydrogen-bond donors (Lipinski definition) is 2. The molecule has 1 aliphatic rings. The van der Waals surface area contributed by atoms with Crippen LogP contribution in [0.25, 0.3) is 0 Å². The lowest BCUT2D eigenvalue weighted by Gasteiger charge is -2.25. The number of carbonyl (C=O) groups excluding carboxylic acids is 2. The smallest absolute Gasteiger partial charge is 0.408 e. The first-order valence-electron chi connectivity index (χ1n) is 5.11. The largest absolute Gasteiger partial charge is 0.444 e. The van der Waals surface area contributed by atoms with Gasteiger partial charge in [-0.25, -0.2) is 4.79 Å². The molecular formula is C10H18N2O3. The van der Waals surface area contributed by atoms with Crippen LogP contribution in [0.2, 0.25) is 0 Å². The van der Waals surface area contributed by atoms with E-state index in [-0.39, 0.29) is 5.78 Å². The van der Waals surface area contributed by atoms with Gasteiger partial charge < -0.3 is 15.4 Å². The second-order valence-electron chi connectivity index (χ2n) is 4.63. The van der Waals surface area contributed by atoms with Crippen LogP contribution in [0.1, 0.15) is 27.2 Å². The van der Waals surface area contributed by atoms with E-state index in [1.54, 1.807) is 20.8 Å². The van der Waals surface area contributed by atoms with Crippen LogP contribution < -0.4 is 10.6 Å². The highest BCUT2D eigenvalue weighted by Gasteiger charge is 2.25. The highest BCUT2D eigenvalue weighted by atomic mass is 16.6. The number of rotatable bonds is 1. The van der Waals surface area contributed by atoms with Crippen LogP contribution in [-0.4, -0.2) is 36.6 Å². The second kappa shape index (κ2) is 4.61. The summed E-state index contributed by atoms with van der Waals surface area (Å²) in [6.07, 6.45) is 0.0979. The Kier molecular flexibility index (Phi) is 3.68. The summed E-state index contributed by atoms with van der Waals surface area (Å²) in [5.74, 6) is 0.00658. The summed E-state index contributed by atoms with van der Waals surface area (Å²) in [7, 11) is 0. The fraction of sp³-hybridized carbons (Fsp3) is 0.800. The molecule has 0 aromatic heterocycles. The Labute approximate surface area is 89.6 Å². The molecule has 1 saturated heterocycles. The Morgan fingerprint density at radius 3 is 2.73 bits per heavy atom. The van der Waals surface area contributed by atoms with Gasteiger partial charge in [-0.15, -0.1) is 0 Å². The van der Waals surface area contributed by atoms with Gasteiger partial charge in [0.2, 0.25) is 0 Å². The highest BCUT2D eigenvalue weighted by molar-refractivity contribution is 5.89. The molecular weight excluding hydrogens is 196 g/mol. The van der Waals surface area contributed by atoms with E-state index in [1.165, 1.54) is 0 Å². The molecule has 1 atom stereocenters. The third-order valence-electron chi connectivity index (χ3n) is 1.99. The lowest BCUT2D eigenvalue weighted by molar-refractivity contribution is -0.121. The van der Waals surface area contributed by atoms with Gasteiger partial charge in [0.05, 0.1) is 12.6 Å². The van der Waals surface area contributed by atoms with Gasteiger partial charge >= 0.3 is 6.09 Å². The molecule has 0 bridgehead atoms. The predicted octanol–water partition coefficient (Wildman–Crippen LogP) is 0.442. The third kappa shape index (κ3) is 4.29. The number of hydrogen-bond acceptors (Lipinski definition) is 4. The van der Waals surface area contributed by atoms with Gasteiger partial charge in [0.25, 0.3) is 0 Å². The number of alkyl carbamates (subject to hydrolysis) is 1. The molecule has 0 spiro atoms. The van der Waals surface area contributed by atoms with Crippen molar-refractivity contribution >= 4 is 11.9 Å². The monoisotopic (exact) mass is 214 g/mol. The Morgan fingerprint density at radius 2 is 2.20 bits per heavy atom. The lowest BCUT2D eigenvalue weighted by Crippen LogP contribution is -2.51. The molecule has 1 heterocycles. The van der Waals surface area contributed by atoms with E-state index in [4.69, 9.17) is 4.74 Å². The summed E-state index contributed by atoms with van der Waals surface area (Å²) < 4.78 is 5.07. The van der Waals surface area contributed by atoms with Crippen molar-refractivity contribution in [3.05, 3.63) is 0 Å². The fourth-order valence-electron chi connectivity index (χ4n) is 1.34. The minimum atomic E-state index is -0.528. The number of amides is 1. The first-order chi connectivity index (χ1) is 6.88. The Morgan fingerprint density at radius 1 is 1.53 bits per heavy atom. The number of piperidine rings is 1. The molecule has 2 N–H and O–H groups in total. The Hall–Kier alpha value is -1.10. The summed E-state index contributed by atoms with van der Waals surface area (Å²) >= 11 is 0. The second-order valence-corrected chi connectivity index (χ2v) is 4.63. The van der Waals surface area contributed by atoms with Crippen molar-refractivity contribution in [2.45, 2.75) is 38.8 Å². The van der Waals surface area contributed by atoms with Crippen molar-refractivity contribution in [2.75, 3.05) is 13.1 Å². The van der Waals surface area contributed by atoms with E-state index in [0.717, 1.165) is 6.54 Å². The third-order valence-corrected chi connectivity index (χ3v) is 1.99. The van der Waals surface area contributed by atoms with Gasteiger partial charge in [-0.05, 0) is 33.7 Å². The van der Waals surface area contributed by atoms with Crippen molar-refractivity contribution in [3.8, 4) is 0 Å². The van der Waals surface area contributed by atoms with E-state index < -0.39 is 17.7 Å². The van der Waals surface area contributed by atoms with E-state index in [1.807, 2.05) is 0 Å². The number of ketones is 1. The predicted molar refractivity (Wildman–Crippen MR) is 55.7 cm³/mol. The zero-order chi connectivity index (χ0) is 11.5. The summed E-state index contributed by atoms with van der Waals surface area (Å²) in [4.78, 5) is 22.7. The maximum atomic E-state index is 11.4. The number of nitrogens with one attached hydrogen (secondary N) is 2. The molecule has 1 amide bonds. The summed E-state index contributed by atoms with van der Waals surface area (Å²) in [5.41, 5.74) is -0.528. The summed E-state index contributed by atoms with van der Waals surface area (Å²) in [6.45, 7) is 6.43.